The molecule has 0 saturated carbocycles. The molecule has 0 unspecified atom stereocenters. The molecule has 0 saturated heterocycles. The van der Waals surface area contributed by atoms with Crippen molar-refractivity contribution < 1.29 is 4.79 Å². The van der Waals surface area contributed by atoms with E-state index in [2.05, 4.69) is 29.5 Å². The van der Waals surface area contributed by atoms with E-state index in [1.54, 1.807) is 25.5 Å². The predicted molar refractivity (Wildman–Crippen MR) is 82.3 cm³/mol. The average molecular weight is 269 g/mol. The summed E-state index contributed by atoms with van der Waals surface area (Å²) in [6.07, 6.45) is 3.26. The Morgan fingerprint density at radius 2 is 1.90 bits per heavy atom. The third-order valence-corrected chi connectivity index (χ3v) is 3.17. The predicted octanol–water partition coefficient (Wildman–Crippen LogP) is 3.50. The molecular weight excluding hydrogens is 250 g/mol. The first-order chi connectivity index (χ1) is 9.63. The van der Waals surface area contributed by atoms with E-state index in [0.717, 1.165) is 11.3 Å². The van der Waals surface area contributed by atoms with Gasteiger partial charge in [-0.15, -0.1) is 0 Å². The second kappa shape index (κ2) is 6.19. The van der Waals surface area contributed by atoms with Crippen LogP contribution in [0.4, 0.5) is 11.4 Å². The summed E-state index contributed by atoms with van der Waals surface area (Å²) in [7, 11) is 1.77. The first kappa shape index (κ1) is 14.1. The van der Waals surface area contributed by atoms with Gasteiger partial charge in [-0.3, -0.25) is 9.78 Å². The van der Waals surface area contributed by atoms with E-state index in [0.29, 0.717) is 17.2 Å². The quantitative estimate of drug-likeness (QED) is 0.893. The van der Waals surface area contributed by atoms with Gasteiger partial charge in [-0.1, -0.05) is 32.0 Å². The van der Waals surface area contributed by atoms with Crippen molar-refractivity contribution in [3.8, 4) is 0 Å². The van der Waals surface area contributed by atoms with Gasteiger partial charge >= 0.3 is 0 Å². The van der Waals surface area contributed by atoms with Crippen molar-refractivity contribution in [2.24, 2.45) is 0 Å². The molecule has 0 aliphatic carbocycles. The number of rotatable bonds is 4. The fraction of sp³-hybridized carbons (Fsp3) is 0.250. The summed E-state index contributed by atoms with van der Waals surface area (Å²) >= 11 is 0. The first-order valence-corrected chi connectivity index (χ1v) is 6.65. The highest BCUT2D eigenvalue weighted by atomic mass is 16.1. The maximum absolute atomic E-state index is 12.4. The lowest BCUT2D eigenvalue weighted by atomic mass is 10.0. The normalized spacial score (nSPS) is 10.4. The Morgan fingerprint density at radius 3 is 2.60 bits per heavy atom. The number of pyridine rings is 1. The molecule has 4 heteroatoms. The molecule has 1 aromatic carbocycles. The van der Waals surface area contributed by atoms with Gasteiger partial charge in [0, 0.05) is 18.9 Å². The lowest BCUT2D eigenvalue weighted by molar-refractivity contribution is 0.102. The second-order valence-electron chi connectivity index (χ2n) is 4.87. The fourth-order valence-corrected chi connectivity index (χ4v) is 2.10. The van der Waals surface area contributed by atoms with Crippen LogP contribution in [-0.2, 0) is 0 Å². The number of benzene rings is 1. The Bertz CT molecular complexity index is 608. The molecule has 4 nitrogen and oxygen atoms in total. The first-order valence-electron chi connectivity index (χ1n) is 6.65. The number of amides is 1. The molecule has 2 N–H and O–H groups in total. The number of carbonyl (C=O) groups excluding carboxylic acids is 1. The lowest BCUT2D eigenvalue weighted by Crippen LogP contribution is -2.15. The topological polar surface area (TPSA) is 54.0 Å². The zero-order chi connectivity index (χ0) is 14.5. The fourth-order valence-electron chi connectivity index (χ4n) is 2.10. The molecule has 2 aromatic rings. The maximum atomic E-state index is 12.4. The van der Waals surface area contributed by atoms with Crippen LogP contribution in [-0.4, -0.2) is 17.9 Å². The molecule has 0 bridgehead atoms. The van der Waals surface area contributed by atoms with E-state index >= 15 is 0 Å². The van der Waals surface area contributed by atoms with Gasteiger partial charge in [0.15, 0.2) is 0 Å². The van der Waals surface area contributed by atoms with Crippen molar-refractivity contribution in [3.63, 3.8) is 0 Å². The minimum Gasteiger partial charge on any atom is -0.386 e. The summed E-state index contributed by atoms with van der Waals surface area (Å²) in [6, 6.07) is 9.57. The molecule has 0 fully saturated rings. The highest BCUT2D eigenvalue weighted by molar-refractivity contribution is 6.08. The number of anilines is 2. The summed E-state index contributed by atoms with van der Waals surface area (Å²) in [5.74, 6) is 0.220. The zero-order valence-electron chi connectivity index (χ0n) is 12.0. The minimum absolute atomic E-state index is 0.134. The minimum atomic E-state index is -0.134. The molecule has 0 aliphatic rings. The van der Waals surface area contributed by atoms with Gasteiger partial charge in [-0.25, -0.2) is 0 Å². The summed E-state index contributed by atoms with van der Waals surface area (Å²) in [4.78, 5) is 16.4. The number of para-hydroxylation sites is 1. The van der Waals surface area contributed by atoms with E-state index in [1.165, 1.54) is 0 Å². The van der Waals surface area contributed by atoms with Crippen molar-refractivity contribution in [2.75, 3.05) is 17.7 Å². The number of hydrogen-bond acceptors (Lipinski definition) is 3. The molecular formula is C16H19N3O. The van der Waals surface area contributed by atoms with Crippen LogP contribution >= 0.6 is 0 Å². The number of carbonyl (C=O) groups is 1. The third-order valence-electron chi connectivity index (χ3n) is 3.17. The van der Waals surface area contributed by atoms with Crippen LogP contribution in [0.3, 0.4) is 0 Å². The molecule has 1 amide bonds. The monoisotopic (exact) mass is 269 g/mol. The van der Waals surface area contributed by atoms with E-state index < -0.39 is 0 Å². The van der Waals surface area contributed by atoms with Gasteiger partial charge in [0.25, 0.3) is 5.91 Å². The van der Waals surface area contributed by atoms with Gasteiger partial charge < -0.3 is 10.6 Å². The van der Waals surface area contributed by atoms with Crippen molar-refractivity contribution in [2.45, 2.75) is 19.8 Å². The molecule has 1 aromatic heterocycles. The summed E-state index contributed by atoms with van der Waals surface area (Å²) in [5, 5.41) is 5.95. The Balaban J connectivity index is 2.28. The SMILES string of the molecule is CNc1cnccc1C(=O)Nc1ccccc1C(C)C. The van der Waals surface area contributed by atoms with Gasteiger partial charge in [-0.05, 0) is 23.6 Å². The lowest BCUT2D eigenvalue weighted by Gasteiger charge is -2.14. The number of hydrogen-bond donors (Lipinski definition) is 2. The number of nitrogens with one attached hydrogen (secondary N) is 2. The molecule has 2 rings (SSSR count). The molecule has 20 heavy (non-hydrogen) atoms. The number of aromatic nitrogens is 1. The van der Waals surface area contributed by atoms with Crippen molar-refractivity contribution in [1.82, 2.24) is 4.98 Å². The van der Waals surface area contributed by atoms with Crippen LogP contribution < -0.4 is 10.6 Å². The Morgan fingerprint density at radius 1 is 1.15 bits per heavy atom. The van der Waals surface area contributed by atoms with Gasteiger partial charge in [0.05, 0.1) is 17.4 Å². The Hall–Kier alpha value is -2.36. The second-order valence-corrected chi connectivity index (χ2v) is 4.87. The van der Waals surface area contributed by atoms with Gasteiger partial charge in [0.1, 0.15) is 0 Å². The van der Waals surface area contributed by atoms with Crippen LogP contribution in [0.5, 0.6) is 0 Å². The van der Waals surface area contributed by atoms with Crippen LogP contribution in [0.15, 0.2) is 42.7 Å². The van der Waals surface area contributed by atoms with Gasteiger partial charge in [-0.2, -0.15) is 0 Å². The molecule has 0 radical (unpaired) electrons. The van der Waals surface area contributed by atoms with Crippen LogP contribution in [0.25, 0.3) is 0 Å². The zero-order valence-corrected chi connectivity index (χ0v) is 12.0. The van der Waals surface area contributed by atoms with Gasteiger partial charge in [0.2, 0.25) is 0 Å². The summed E-state index contributed by atoms with van der Waals surface area (Å²) in [6.45, 7) is 4.22. The molecule has 104 valence electrons. The standard InChI is InChI=1S/C16H19N3O/c1-11(2)12-6-4-5-7-14(12)19-16(20)13-8-9-18-10-15(13)17-3/h4-11,17H,1-3H3,(H,19,20). The highest BCUT2D eigenvalue weighted by Gasteiger charge is 2.13. The van der Waals surface area contributed by atoms with E-state index in [9.17, 15) is 4.79 Å². The average Bonchev–Trinajstić information content (AvgIpc) is 2.47. The van der Waals surface area contributed by atoms with Crippen LogP contribution in [0, 0.1) is 0 Å². The summed E-state index contributed by atoms with van der Waals surface area (Å²) in [5.41, 5.74) is 3.28. The molecule has 1 heterocycles. The van der Waals surface area contributed by atoms with Crippen LogP contribution in [0.2, 0.25) is 0 Å². The summed E-state index contributed by atoms with van der Waals surface area (Å²) < 4.78 is 0. The molecule has 0 atom stereocenters. The number of nitrogens with zero attached hydrogens (tertiary/aromatic N) is 1. The molecule has 0 spiro atoms. The highest BCUT2D eigenvalue weighted by Crippen LogP contribution is 2.24. The smallest absolute Gasteiger partial charge is 0.257 e. The van der Waals surface area contributed by atoms with E-state index in [4.69, 9.17) is 0 Å². The van der Waals surface area contributed by atoms with Crippen molar-refractivity contribution in [3.05, 3.63) is 53.9 Å². The van der Waals surface area contributed by atoms with Crippen LogP contribution in [0.1, 0.15) is 35.7 Å². The van der Waals surface area contributed by atoms with E-state index in [-0.39, 0.29) is 5.91 Å². The third kappa shape index (κ3) is 2.96. The Kier molecular flexibility index (Phi) is 4.35. The largest absolute Gasteiger partial charge is 0.386 e. The van der Waals surface area contributed by atoms with Crippen molar-refractivity contribution >= 4 is 17.3 Å². The maximum Gasteiger partial charge on any atom is 0.257 e. The Labute approximate surface area is 119 Å². The molecule has 0 aliphatic heterocycles. The van der Waals surface area contributed by atoms with Crippen molar-refractivity contribution in [1.29, 1.82) is 0 Å². The van der Waals surface area contributed by atoms with E-state index in [1.807, 2.05) is 24.3 Å².